The second-order valence-electron chi connectivity index (χ2n) is 7.52. The quantitative estimate of drug-likeness (QED) is 0.660. The minimum atomic E-state index is -0.538. The number of allylic oxidation sites excluding steroid dienone is 1. The van der Waals surface area contributed by atoms with Crippen LogP contribution in [0.4, 0.5) is 0 Å². The number of rotatable bonds is 6. The summed E-state index contributed by atoms with van der Waals surface area (Å²) in [5.74, 6) is -0.874. The number of hydrogen-bond acceptors (Lipinski definition) is 5. The molecule has 1 atom stereocenters. The first-order valence-electron chi connectivity index (χ1n) is 10.2. The topological polar surface area (TPSA) is 74.2 Å². The molecule has 162 valence electrons. The average molecular weight is 459 g/mol. The first kappa shape index (κ1) is 21.8. The Balaban J connectivity index is 1.38. The van der Waals surface area contributed by atoms with Crippen LogP contribution in [0.5, 0.6) is 0 Å². The number of morpholine rings is 1. The highest BCUT2D eigenvalue weighted by atomic mass is 35.5. The summed E-state index contributed by atoms with van der Waals surface area (Å²) in [5.41, 5.74) is 1.89. The number of ether oxygens (including phenoxy) is 1. The minimum absolute atomic E-state index is 0.149. The number of fused-ring (bicyclic) bond motifs is 1. The van der Waals surface area contributed by atoms with Gasteiger partial charge in [0.1, 0.15) is 0 Å². The molecule has 0 bridgehead atoms. The van der Waals surface area contributed by atoms with Gasteiger partial charge in [-0.2, -0.15) is 0 Å². The van der Waals surface area contributed by atoms with E-state index in [0.717, 1.165) is 38.4 Å². The van der Waals surface area contributed by atoms with Gasteiger partial charge in [-0.1, -0.05) is 35.9 Å². The van der Waals surface area contributed by atoms with Gasteiger partial charge in [0, 0.05) is 36.8 Å². The average Bonchev–Trinajstić information content (AvgIpc) is 2.78. The van der Waals surface area contributed by atoms with Gasteiger partial charge in [0.05, 0.1) is 31.4 Å². The third kappa shape index (κ3) is 5.27. The van der Waals surface area contributed by atoms with E-state index in [9.17, 15) is 9.59 Å². The van der Waals surface area contributed by atoms with E-state index < -0.39 is 5.92 Å². The zero-order chi connectivity index (χ0) is 21.8. The van der Waals surface area contributed by atoms with Gasteiger partial charge in [-0.15, -0.1) is 0 Å². The Morgan fingerprint density at radius 1 is 1.26 bits per heavy atom. The lowest BCUT2D eigenvalue weighted by Gasteiger charge is -2.31. The smallest absolute Gasteiger partial charge is 0.251 e. The second kappa shape index (κ2) is 9.82. The summed E-state index contributed by atoms with van der Waals surface area (Å²) in [6, 6.07) is 7.26. The van der Waals surface area contributed by atoms with Crippen molar-refractivity contribution in [2.75, 3.05) is 39.4 Å². The van der Waals surface area contributed by atoms with Gasteiger partial charge in [-0.3, -0.25) is 19.4 Å². The SMILES string of the molecule is O=C(NCCN1CCOCC1)C1=CC2=NC(=S)N(Cc3ccc(Cl)cc3)C(=O)C2C=C1. The lowest BCUT2D eigenvalue weighted by atomic mass is 9.91. The van der Waals surface area contributed by atoms with Crippen molar-refractivity contribution in [1.82, 2.24) is 15.1 Å². The fraction of sp³-hybridized carbons (Fsp3) is 0.364. The van der Waals surface area contributed by atoms with Crippen LogP contribution < -0.4 is 5.32 Å². The number of carbonyl (C=O) groups excluding carboxylic acids is 2. The Kier molecular flexibility index (Phi) is 6.92. The summed E-state index contributed by atoms with van der Waals surface area (Å²) < 4.78 is 5.33. The molecule has 7 nitrogen and oxygen atoms in total. The largest absolute Gasteiger partial charge is 0.379 e. The summed E-state index contributed by atoms with van der Waals surface area (Å²) in [6.45, 7) is 4.86. The Bertz CT molecular complexity index is 967. The monoisotopic (exact) mass is 458 g/mol. The number of nitrogens with zero attached hydrogens (tertiary/aromatic N) is 3. The maximum atomic E-state index is 13.0. The molecule has 4 rings (SSSR count). The van der Waals surface area contributed by atoms with E-state index >= 15 is 0 Å². The van der Waals surface area contributed by atoms with Crippen molar-refractivity contribution in [1.29, 1.82) is 0 Å². The maximum Gasteiger partial charge on any atom is 0.251 e. The molecule has 0 aromatic heterocycles. The van der Waals surface area contributed by atoms with Crippen LogP contribution in [0.2, 0.25) is 5.02 Å². The standard InChI is InChI=1S/C22H23ClN4O3S/c23-17-4-1-15(2-5-17)14-27-21(29)18-6-3-16(13-19(18)25-22(27)31)20(28)24-7-8-26-9-11-30-12-10-26/h1-6,13,18H,7-12,14H2,(H,24,28). The van der Waals surface area contributed by atoms with Crippen molar-refractivity contribution in [2.45, 2.75) is 6.54 Å². The zero-order valence-electron chi connectivity index (χ0n) is 16.9. The first-order chi connectivity index (χ1) is 15.0. The molecule has 0 spiro atoms. The van der Waals surface area contributed by atoms with Crippen molar-refractivity contribution in [3.8, 4) is 0 Å². The molecule has 0 radical (unpaired) electrons. The van der Waals surface area contributed by atoms with Gasteiger partial charge in [0.15, 0.2) is 0 Å². The molecule has 1 aromatic rings. The Hall–Kier alpha value is -2.39. The number of hydrogen-bond donors (Lipinski definition) is 1. The van der Waals surface area contributed by atoms with Crippen LogP contribution in [0.3, 0.4) is 0 Å². The molecule has 31 heavy (non-hydrogen) atoms. The van der Waals surface area contributed by atoms with Crippen molar-refractivity contribution in [2.24, 2.45) is 10.9 Å². The number of amides is 2. The minimum Gasteiger partial charge on any atom is -0.379 e. The lowest BCUT2D eigenvalue weighted by Crippen LogP contribution is -2.46. The van der Waals surface area contributed by atoms with Gasteiger partial charge in [0.25, 0.3) is 5.91 Å². The summed E-state index contributed by atoms with van der Waals surface area (Å²) in [5, 5.41) is 3.76. The van der Waals surface area contributed by atoms with Crippen LogP contribution in [-0.2, 0) is 20.9 Å². The van der Waals surface area contributed by atoms with Gasteiger partial charge in [-0.05, 0) is 36.0 Å². The molecule has 3 aliphatic rings. The third-order valence-electron chi connectivity index (χ3n) is 5.41. The molecule has 2 amide bonds. The van der Waals surface area contributed by atoms with E-state index in [-0.39, 0.29) is 16.9 Å². The summed E-state index contributed by atoms with van der Waals surface area (Å²) in [6.07, 6.45) is 5.05. The van der Waals surface area contributed by atoms with E-state index in [0.29, 0.717) is 29.4 Å². The Labute approximate surface area is 191 Å². The molecule has 1 unspecified atom stereocenters. The van der Waals surface area contributed by atoms with Crippen LogP contribution in [0, 0.1) is 5.92 Å². The lowest BCUT2D eigenvalue weighted by molar-refractivity contribution is -0.129. The summed E-state index contributed by atoms with van der Waals surface area (Å²) in [7, 11) is 0. The molecule has 9 heteroatoms. The second-order valence-corrected chi connectivity index (χ2v) is 8.32. The van der Waals surface area contributed by atoms with E-state index in [1.807, 2.05) is 12.1 Å². The van der Waals surface area contributed by atoms with Gasteiger partial charge in [0.2, 0.25) is 11.0 Å². The first-order valence-corrected chi connectivity index (χ1v) is 11.0. The van der Waals surface area contributed by atoms with E-state index in [4.69, 9.17) is 28.6 Å². The fourth-order valence-electron chi connectivity index (χ4n) is 3.65. The number of nitrogens with one attached hydrogen (secondary N) is 1. The van der Waals surface area contributed by atoms with E-state index in [2.05, 4.69) is 15.2 Å². The number of aliphatic imine (C=N–C) groups is 1. The summed E-state index contributed by atoms with van der Waals surface area (Å²) in [4.78, 5) is 33.7. The predicted molar refractivity (Wildman–Crippen MR) is 123 cm³/mol. The highest BCUT2D eigenvalue weighted by molar-refractivity contribution is 7.80. The molecule has 1 saturated heterocycles. The fourth-order valence-corrected chi connectivity index (χ4v) is 4.04. The van der Waals surface area contributed by atoms with Crippen LogP contribution in [0.1, 0.15) is 5.56 Å². The molecule has 1 aromatic carbocycles. The molecule has 1 N–H and O–H groups in total. The molecule has 2 heterocycles. The van der Waals surface area contributed by atoms with Crippen molar-refractivity contribution >= 4 is 46.5 Å². The third-order valence-corrected chi connectivity index (χ3v) is 5.98. The molecule has 1 aliphatic carbocycles. The number of thiocarbonyl (C=S) groups is 1. The molecular formula is C22H23ClN4O3S. The Morgan fingerprint density at radius 3 is 2.74 bits per heavy atom. The molecule has 2 aliphatic heterocycles. The zero-order valence-corrected chi connectivity index (χ0v) is 18.5. The van der Waals surface area contributed by atoms with Crippen LogP contribution in [-0.4, -0.2) is 71.8 Å². The maximum absolute atomic E-state index is 13.0. The van der Waals surface area contributed by atoms with Crippen molar-refractivity contribution in [3.63, 3.8) is 0 Å². The highest BCUT2D eigenvalue weighted by Gasteiger charge is 2.35. The van der Waals surface area contributed by atoms with Crippen molar-refractivity contribution in [3.05, 3.63) is 58.7 Å². The number of halogens is 1. The van der Waals surface area contributed by atoms with Crippen LogP contribution in [0.15, 0.2) is 53.1 Å². The molecule has 0 saturated carbocycles. The van der Waals surface area contributed by atoms with Crippen LogP contribution in [0.25, 0.3) is 0 Å². The molecular weight excluding hydrogens is 436 g/mol. The van der Waals surface area contributed by atoms with Gasteiger partial charge >= 0.3 is 0 Å². The normalized spacial score (nSPS) is 21.5. The van der Waals surface area contributed by atoms with Gasteiger partial charge < -0.3 is 10.1 Å². The number of benzene rings is 1. The van der Waals surface area contributed by atoms with E-state index in [1.165, 1.54) is 4.90 Å². The Morgan fingerprint density at radius 2 is 2.00 bits per heavy atom. The number of carbonyl (C=O) groups is 2. The predicted octanol–water partition coefficient (Wildman–Crippen LogP) is 1.97. The van der Waals surface area contributed by atoms with Crippen molar-refractivity contribution < 1.29 is 14.3 Å². The molecule has 1 fully saturated rings. The summed E-state index contributed by atoms with van der Waals surface area (Å²) >= 11 is 11.3. The highest BCUT2D eigenvalue weighted by Crippen LogP contribution is 2.24. The van der Waals surface area contributed by atoms with Crippen LogP contribution >= 0.6 is 23.8 Å². The van der Waals surface area contributed by atoms with Gasteiger partial charge in [-0.25, -0.2) is 4.99 Å². The van der Waals surface area contributed by atoms with E-state index in [1.54, 1.807) is 30.4 Å².